The Morgan fingerprint density at radius 2 is 1.92 bits per heavy atom. The van der Waals surface area contributed by atoms with Gasteiger partial charge in [0.2, 0.25) is 0 Å². The van der Waals surface area contributed by atoms with Gasteiger partial charge in [0.15, 0.2) is 12.4 Å². The third-order valence-corrected chi connectivity index (χ3v) is 1.69. The molecule has 0 spiro atoms. The van der Waals surface area contributed by atoms with Gasteiger partial charge < -0.3 is 25.2 Å². The van der Waals surface area contributed by atoms with E-state index in [4.69, 9.17) is 20.4 Å². The average molecular weight is 178 g/mol. The van der Waals surface area contributed by atoms with Gasteiger partial charge in [0.25, 0.3) is 0 Å². The SMILES string of the molecule is O=C(O)C1O[C@H](O)C[C@@H](O)C1O. The first-order valence-corrected chi connectivity index (χ1v) is 3.45. The standard InChI is InChI=1S/C6H10O6/c7-2-1-3(8)12-5(4(2)9)6(10)11/h2-5,7-9H,1H2,(H,10,11)/t2-,3+,4?,5?/m1/s1. The monoisotopic (exact) mass is 178 g/mol. The minimum atomic E-state index is -1.55. The molecular weight excluding hydrogens is 168 g/mol. The second kappa shape index (κ2) is 3.36. The van der Waals surface area contributed by atoms with Crippen molar-refractivity contribution in [1.82, 2.24) is 0 Å². The van der Waals surface area contributed by atoms with Crippen LogP contribution in [0.15, 0.2) is 0 Å². The first-order valence-electron chi connectivity index (χ1n) is 3.45. The van der Waals surface area contributed by atoms with Gasteiger partial charge in [0, 0.05) is 6.42 Å². The van der Waals surface area contributed by atoms with Crippen molar-refractivity contribution in [3.63, 3.8) is 0 Å². The zero-order valence-electron chi connectivity index (χ0n) is 6.12. The second-order valence-electron chi connectivity index (χ2n) is 2.64. The number of hydrogen-bond donors (Lipinski definition) is 4. The van der Waals surface area contributed by atoms with Gasteiger partial charge in [0.1, 0.15) is 6.10 Å². The van der Waals surface area contributed by atoms with Crippen LogP contribution in [0.5, 0.6) is 0 Å². The fourth-order valence-corrected chi connectivity index (χ4v) is 1.06. The molecule has 1 saturated heterocycles. The fraction of sp³-hybridized carbons (Fsp3) is 0.833. The van der Waals surface area contributed by atoms with Crippen LogP contribution in [0.4, 0.5) is 0 Å². The number of carboxylic acid groups (broad SMARTS) is 1. The van der Waals surface area contributed by atoms with Crippen LogP contribution in [0.25, 0.3) is 0 Å². The molecular formula is C6H10O6. The van der Waals surface area contributed by atoms with Crippen LogP contribution in [0.2, 0.25) is 0 Å². The Hall–Kier alpha value is -0.690. The molecule has 4 N–H and O–H groups in total. The van der Waals surface area contributed by atoms with E-state index in [1.165, 1.54) is 0 Å². The third kappa shape index (κ3) is 1.72. The van der Waals surface area contributed by atoms with Crippen molar-refractivity contribution in [2.75, 3.05) is 0 Å². The molecule has 4 atom stereocenters. The molecule has 1 rings (SSSR count). The van der Waals surface area contributed by atoms with E-state index >= 15 is 0 Å². The van der Waals surface area contributed by atoms with Crippen LogP contribution < -0.4 is 0 Å². The van der Waals surface area contributed by atoms with Crippen molar-refractivity contribution in [2.45, 2.75) is 31.0 Å². The van der Waals surface area contributed by atoms with Crippen LogP contribution in [0, 0.1) is 0 Å². The van der Waals surface area contributed by atoms with Crippen molar-refractivity contribution in [1.29, 1.82) is 0 Å². The molecule has 6 nitrogen and oxygen atoms in total. The first-order chi connectivity index (χ1) is 5.52. The van der Waals surface area contributed by atoms with Gasteiger partial charge >= 0.3 is 5.97 Å². The summed E-state index contributed by atoms with van der Waals surface area (Å²) in [5.74, 6) is -1.40. The molecule has 1 aliphatic rings. The number of ether oxygens (including phenoxy) is 1. The number of carboxylic acids is 1. The highest BCUT2D eigenvalue weighted by molar-refractivity contribution is 5.73. The van der Waals surface area contributed by atoms with E-state index in [1.54, 1.807) is 0 Å². The number of carbonyl (C=O) groups is 1. The lowest BCUT2D eigenvalue weighted by Gasteiger charge is -2.32. The van der Waals surface area contributed by atoms with Gasteiger partial charge in [-0.25, -0.2) is 4.79 Å². The van der Waals surface area contributed by atoms with Crippen LogP contribution in [0.1, 0.15) is 6.42 Å². The molecule has 1 fully saturated rings. The summed E-state index contributed by atoms with van der Waals surface area (Å²) in [5, 5.41) is 35.4. The zero-order chi connectivity index (χ0) is 9.30. The maximum absolute atomic E-state index is 10.3. The van der Waals surface area contributed by atoms with Gasteiger partial charge in [0.05, 0.1) is 6.10 Å². The number of aliphatic hydroxyl groups excluding tert-OH is 3. The van der Waals surface area contributed by atoms with Gasteiger partial charge in [-0.2, -0.15) is 0 Å². The van der Waals surface area contributed by atoms with E-state index in [9.17, 15) is 4.79 Å². The van der Waals surface area contributed by atoms with Crippen LogP contribution >= 0.6 is 0 Å². The Morgan fingerprint density at radius 1 is 1.33 bits per heavy atom. The summed E-state index contributed by atoms with van der Waals surface area (Å²) >= 11 is 0. The third-order valence-electron chi connectivity index (χ3n) is 1.69. The molecule has 12 heavy (non-hydrogen) atoms. The molecule has 1 heterocycles. The van der Waals surface area contributed by atoms with E-state index < -0.39 is 30.6 Å². The number of rotatable bonds is 1. The summed E-state index contributed by atoms with van der Waals surface area (Å²) in [6, 6.07) is 0. The predicted molar refractivity (Wildman–Crippen MR) is 35.1 cm³/mol. The normalized spacial score (nSPS) is 42.6. The Balaban J connectivity index is 2.66. The Labute approximate surface area is 68.0 Å². The average Bonchev–Trinajstić information content (AvgIpc) is 1.96. The number of aliphatic hydroxyl groups is 3. The van der Waals surface area contributed by atoms with Gasteiger partial charge in [-0.1, -0.05) is 0 Å². The highest BCUT2D eigenvalue weighted by atomic mass is 16.6. The number of aliphatic carboxylic acids is 1. The minimum absolute atomic E-state index is 0.176. The zero-order valence-corrected chi connectivity index (χ0v) is 6.12. The van der Waals surface area contributed by atoms with Crippen molar-refractivity contribution in [2.24, 2.45) is 0 Å². The molecule has 0 bridgehead atoms. The second-order valence-corrected chi connectivity index (χ2v) is 2.64. The van der Waals surface area contributed by atoms with Gasteiger partial charge in [-0.05, 0) is 0 Å². The van der Waals surface area contributed by atoms with Crippen molar-refractivity contribution in [3.8, 4) is 0 Å². The Morgan fingerprint density at radius 3 is 2.42 bits per heavy atom. The maximum atomic E-state index is 10.3. The molecule has 0 radical (unpaired) electrons. The highest BCUT2D eigenvalue weighted by Crippen LogP contribution is 2.18. The molecule has 0 amide bonds. The fourth-order valence-electron chi connectivity index (χ4n) is 1.06. The van der Waals surface area contributed by atoms with E-state index in [0.29, 0.717) is 0 Å². The van der Waals surface area contributed by atoms with E-state index in [-0.39, 0.29) is 6.42 Å². The largest absolute Gasteiger partial charge is 0.479 e. The van der Waals surface area contributed by atoms with Gasteiger partial charge in [-0.3, -0.25) is 0 Å². The smallest absolute Gasteiger partial charge is 0.335 e. The molecule has 0 aromatic rings. The van der Waals surface area contributed by atoms with E-state index in [0.717, 1.165) is 0 Å². The molecule has 6 heteroatoms. The summed E-state index contributed by atoms with van der Waals surface area (Å²) in [6.07, 6.45) is -5.79. The molecule has 0 aliphatic carbocycles. The maximum Gasteiger partial charge on any atom is 0.335 e. The Bertz CT molecular complexity index is 181. The summed E-state index contributed by atoms with van der Waals surface area (Å²) in [7, 11) is 0. The summed E-state index contributed by atoms with van der Waals surface area (Å²) in [4.78, 5) is 10.3. The minimum Gasteiger partial charge on any atom is -0.479 e. The van der Waals surface area contributed by atoms with Crippen molar-refractivity contribution < 1.29 is 30.0 Å². The van der Waals surface area contributed by atoms with Crippen LogP contribution in [-0.4, -0.2) is 51.0 Å². The lowest BCUT2D eigenvalue weighted by molar-refractivity contribution is -0.236. The summed E-state index contributed by atoms with van der Waals surface area (Å²) < 4.78 is 4.48. The Kier molecular flexibility index (Phi) is 2.63. The number of hydrogen-bond acceptors (Lipinski definition) is 5. The van der Waals surface area contributed by atoms with Crippen molar-refractivity contribution >= 4 is 5.97 Å². The van der Waals surface area contributed by atoms with E-state index in [2.05, 4.69) is 4.74 Å². The molecule has 2 unspecified atom stereocenters. The van der Waals surface area contributed by atoms with Crippen LogP contribution in [0.3, 0.4) is 0 Å². The van der Waals surface area contributed by atoms with Gasteiger partial charge in [-0.15, -0.1) is 0 Å². The molecule has 1 aliphatic heterocycles. The molecule has 0 aromatic heterocycles. The predicted octanol–water partition coefficient (Wildman–Crippen LogP) is -2.10. The topological polar surface area (TPSA) is 107 Å². The molecule has 0 saturated carbocycles. The summed E-state index contributed by atoms with van der Waals surface area (Å²) in [5.41, 5.74) is 0. The van der Waals surface area contributed by atoms with E-state index in [1.807, 2.05) is 0 Å². The first kappa shape index (κ1) is 9.40. The quantitative estimate of drug-likeness (QED) is 0.366. The van der Waals surface area contributed by atoms with Crippen molar-refractivity contribution in [3.05, 3.63) is 0 Å². The lowest BCUT2D eigenvalue weighted by Crippen LogP contribution is -2.51. The molecule has 70 valence electrons. The lowest BCUT2D eigenvalue weighted by atomic mass is 10.0. The highest BCUT2D eigenvalue weighted by Gasteiger charge is 2.40. The van der Waals surface area contributed by atoms with Crippen LogP contribution in [-0.2, 0) is 9.53 Å². The molecule has 0 aromatic carbocycles. The summed E-state index contributed by atoms with van der Waals surface area (Å²) in [6.45, 7) is 0.